The van der Waals surface area contributed by atoms with Gasteiger partial charge in [0.05, 0.1) is 17.9 Å². The smallest absolute Gasteiger partial charge is 0.255 e. The molecule has 0 saturated heterocycles. The van der Waals surface area contributed by atoms with Gasteiger partial charge in [0.15, 0.2) is 0 Å². The molecule has 1 aromatic heterocycles. The minimum Gasteiger partial charge on any atom is -0.391 e. The number of aliphatic hydroxyl groups is 1. The van der Waals surface area contributed by atoms with Crippen LogP contribution in [0.1, 0.15) is 23.2 Å². The third kappa shape index (κ3) is 3.00. The lowest BCUT2D eigenvalue weighted by atomic mass is 10.2. The largest absolute Gasteiger partial charge is 0.391 e. The average molecular weight is 238 g/mol. The van der Waals surface area contributed by atoms with E-state index in [2.05, 4.69) is 4.98 Å². The van der Waals surface area contributed by atoms with Crippen LogP contribution in [-0.4, -0.2) is 40.6 Å². The number of carbonyl (C=O) groups excluding carboxylic acids is 1. The second-order valence-electron chi connectivity index (χ2n) is 4.48. The van der Waals surface area contributed by atoms with Gasteiger partial charge < -0.3 is 10.0 Å². The van der Waals surface area contributed by atoms with E-state index in [1.165, 1.54) is 11.1 Å². The Morgan fingerprint density at radius 2 is 2.35 bits per heavy atom. The number of pyridine rings is 1. The van der Waals surface area contributed by atoms with Gasteiger partial charge >= 0.3 is 0 Å². The lowest BCUT2D eigenvalue weighted by molar-refractivity contribution is 0.0644. The van der Waals surface area contributed by atoms with Crippen molar-refractivity contribution in [2.45, 2.75) is 18.9 Å². The number of hydrogen-bond acceptors (Lipinski definition) is 3. The van der Waals surface area contributed by atoms with Crippen molar-refractivity contribution in [3.8, 4) is 0 Å². The summed E-state index contributed by atoms with van der Waals surface area (Å²) in [7, 11) is 1.60. The first-order valence-electron chi connectivity index (χ1n) is 5.62. The highest BCUT2D eigenvalue weighted by Gasteiger charge is 2.31. The molecule has 1 unspecified atom stereocenters. The van der Waals surface area contributed by atoms with Crippen molar-refractivity contribution in [1.82, 2.24) is 9.88 Å². The van der Waals surface area contributed by atoms with Crippen LogP contribution in [0, 0.1) is 11.7 Å². The molecule has 0 spiro atoms. The van der Waals surface area contributed by atoms with Crippen LogP contribution in [0.4, 0.5) is 4.39 Å². The molecule has 1 heterocycles. The predicted octanol–water partition coefficient (Wildman–Crippen LogP) is 1.06. The molecule has 1 fully saturated rings. The molecule has 1 amide bonds. The minimum absolute atomic E-state index is 0.204. The lowest BCUT2D eigenvalue weighted by Crippen LogP contribution is -2.35. The van der Waals surface area contributed by atoms with Crippen molar-refractivity contribution in [2.75, 3.05) is 13.6 Å². The van der Waals surface area contributed by atoms with Gasteiger partial charge in [0.2, 0.25) is 0 Å². The number of carbonyl (C=O) groups is 1. The Morgan fingerprint density at radius 1 is 1.65 bits per heavy atom. The Kier molecular flexibility index (Phi) is 3.38. The maximum atomic E-state index is 12.9. The molecule has 1 aliphatic carbocycles. The zero-order valence-electron chi connectivity index (χ0n) is 9.64. The molecular weight excluding hydrogens is 223 g/mol. The third-order valence-electron chi connectivity index (χ3n) is 2.93. The van der Waals surface area contributed by atoms with Crippen LogP contribution in [-0.2, 0) is 0 Å². The van der Waals surface area contributed by atoms with Crippen molar-refractivity contribution >= 4 is 5.91 Å². The monoisotopic (exact) mass is 238 g/mol. The summed E-state index contributed by atoms with van der Waals surface area (Å²) in [6, 6.07) is 1.15. The fourth-order valence-corrected chi connectivity index (χ4v) is 1.74. The highest BCUT2D eigenvalue weighted by Crippen LogP contribution is 2.32. The van der Waals surface area contributed by atoms with Crippen molar-refractivity contribution < 1.29 is 14.3 Å². The topological polar surface area (TPSA) is 53.4 Å². The van der Waals surface area contributed by atoms with Gasteiger partial charge in [0.1, 0.15) is 5.82 Å². The van der Waals surface area contributed by atoms with Gasteiger partial charge in [0.25, 0.3) is 5.91 Å². The van der Waals surface area contributed by atoms with E-state index in [4.69, 9.17) is 0 Å². The van der Waals surface area contributed by atoms with Gasteiger partial charge in [0, 0.05) is 19.8 Å². The number of amides is 1. The molecule has 2 rings (SSSR count). The SMILES string of the molecule is CN(CC(O)C1CC1)C(=O)c1cncc(F)c1. The number of aliphatic hydroxyl groups excluding tert-OH is 1. The average Bonchev–Trinajstić information content (AvgIpc) is 3.11. The summed E-state index contributed by atoms with van der Waals surface area (Å²) in [5.74, 6) is -0.542. The summed E-state index contributed by atoms with van der Waals surface area (Å²) in [6.45, 7) is 0.278. The molecule has 0 radical (unpaired) electrons. The molecule has 1 atom stereocenters. The van der Waals surface area contributed by atoms with E-state index in [9.17, 15) is 14.3 Å². The van der Waals surface area contributed by atoms with Crippen molar-refractivity contribution in [3.63, 3.8) is 0 Å². The predicted molar refractivity (Wildman–Crippen MR) is 59.9 cm³/mol. The van der Waals surface area contributed by atoms with Gasteiger partial charge in [-0.2, -0.15) is 0 Å². The van der Waals surface area contributed by atoms with E-state index >= 15 is 0 Å². The number of rotatable bonds is 4. The number of nitrogens with zero attached hydrogens (tertiary/aromatic N) is 2. The van der Waals surface area contributed by atoms with Gasteiger partial charge in [-0.1, -0.05) is 0 Å². The summed E-state index contributed by atoms with van der Waals surface area (Å²) < 4.78 is 12.9. The fraction of sp³-hybridized carbons (Fsp3) is 0.500. The van der Waals surface area contributed by atoms with Gasteiger partial charge in [-0.05, 0) is 24.8 Å². The molecule has 0 aliphatic heterocycles. The van der Waals surface area contributed by atoms with Crippen molar-refractivity contribution in [1.29, 1.82) is 0 Å². The normalized spacial score (nSPS) is 16.6. The lowest BCUT2D eigenvalue weighted by Gasteiger charge is -2.20. The molecule has 4 nitrogen and oxygen atoms in total. The molecule has 1 saturated carbocycles. The molecule has 1 aromatic rings. The van der Waals surface area contributed by atoms with Crippen LogP contribution in [0.15, 0.2) is 18.5 Å². The highest BCUT2D eigenvalue weighted by atomic mass is 19.1. The number of halogens is 1. The summed E-state index contributed by atoms with van der Waals surface area (Å²) in [5, 5.41) is 9.73. The Morgan fingerprint density at radius 3 is 2.94 bits per heavy atom. The van der Waals surface area contributed by atoms with Crippen molar-refractivity contribution in [2.24, 2.45) is 5.92 Å². The van der Waals surface area contributed by atoms with Gasteiger partial charge in [-0.15, -0.1) is 0 Å². The Labute approximate surface area is 99.1 Å². The fourth-order valence-electron chi connectivity index (χ4n) is 1.74. The van der Waals surface area contributed by atoms with E-state index in [1.807, 2.05) is 0 Å². The summed E-state index contributed by atoms with van der Waals surface area (Å²) in [4.78, 5) is 16.9. The maximum Gasteiger partial charge on any atom is 0.255 e. The summed E-state index contributed by atoms with van der Waals surface area (Å²) >= 11 is 0. The third-order valence-corrected chi connectivity index (χ3v) is 2.93. The Hall–Kier alpha value is -1.49. The van der Waals surface area contributed by atoms with Gasteiger partial charge in [-0.25, -0.2) is 4.39 Å². The van der Waals surface area contributed by atoms with E-state index in [1.54, 1.807) is 7.05 Å². The zero-order valence-corrected chi connectivity index (χ0v) is 9.64. The number of likely N-dealkylation sites (N-methyl/N-ethyl adjacent to an activating group) is 1. The standard InChI is InChI=1S/C12H15FN2O2/c1-15(7-11(16)8-2-3-8)12(17)9-4-10(13)6-14-5-9/h4-6,8,11,16H,2-3,7H2,1H3. The van der Waals surface area contributed by atoms with Crippen molar-refractivity contribution in [3.05, 3.63) is 29.8 Å². The Balaban J connectivity index is 1.98. The second kappa shape index (κ2) is 4.79. The molecule has 92 valence electrons. The van der Waals surface area contributed by atoms with E-state index in [-0.39, 0.29) is 18.0 Å². The Bertz CT molecular complexity index is 421. The zero-order chi connectivity index (χ0) is 12.4. The highest BCUT2D eigenvalue weighted by molar-refractivity contribution is 5.93. The molecular formula is C12H15FN2O2. The van der Waals surface area contributed by atoms with E-state index < -0.39 is 11.9 Å². The van der Waals surface area contributed by atoms with Crippen LogP contribution in [0.2, 0.25) is 0 Å². The van der Waals surface area contributed by atoms with E-state index in [0.29, 0.717) is 5.92 Å². The van der Waals surface area contributed by atoms with Crippen LogP contribution in [0.3, 0.4) is 0 Å². The first kappa shape index (κ1) is 12.0. The number of aromatic nitrogens is 1. The van der Waals surface area contributed by atoms with Crippen LogP contribution >= 0.6 is 0 Å². The van der Waals surface area contributed by atoms with E-state index in [0.717, 1.165) is 25.1 Å². The molecule has 17 heavy (non-hydrogen) atoms. The van der Waals surface area contributed by atoms with Crippen LogP contribution in [0.5, 0.6) is 0 Å². The first-order chi connectivity index (χ1) is 8.08. The van der Waals surface area contributed by atoms with Crippen LogP contribution in [0.25, 0.3) is 0 Å². The summed E-state index contributed by atoms with van der Waals surface area (Å²) in [6.07, 6.45) is 3.93. The molecule has 5 heteroatoms. The first-order valence-corrected chi connectivity index (χ1v) is 5.62. The quantitative estimate of drug-likeness (QED) is 0.853. The summed E-state index contributed by atoms with van der Waals surface area (Å²) in [5.41, 5.74) is 0.204. The molecule has 0 bridgehead atoms. The number of hydrogen-bond donors (Lipinski definition) is 1. The van der Waals surface area contributed by atoms with Crippen LogP contribution < -0.4 is 0 Å². The molecule has 1 aliphatic rings. The van der Waals surface area contributed by atoms with Gasteiger partial charge in [-0.3, -0.25) is 9.78 Å². The second-order valence-corrected chi connectivity index (χ2v) is 4.48. The molecule has 0 aromatic carbocycles. The molecule has 1 N–H and O–H groups in total. The minimum atomic E-state index is -0.535. The maximum absolute atomic E-state index is 12.9.